The van der Waals surface area contributed by atoms with Gasteiger partial charge in [0, 0.05) is 23.3 Å². The highest BCUT2D eigenvalue weighted by molar-refractivity contribution is 8.00. The molecule has 0 spiro atoms. The Bertz CT molecular complexity index is 595. The first-order valence-electron chi connectivity index (χ1n) is 6.26. The molecular formula is C16H16O2S2. The van der Waals surface area contributed by atoms with Crippen LogP contribution < -0.4 is 4.74 Å². The number of rotatable bonds is 5. The number of hydrogen-bond donors (Lipinski definition) is 1. The summed E-state index contributed by atoms with van der Waals surface area (Å²) in [5, 5.41) is 10.8. The van der Waals surface area contributed by atoms with Crippen molar-refractivity contribution in [1.29, 1.82) is 0 Å². The monoisotopic (exact) mass is 304 g/mol. The van der Waals surface area contributed by atoms with Crippen molar-refractivity contribution >= 4 is 23.1 Å². The van der Waals surface area contributed by atoms with Crippen LogP contribution in [-0.4, -0.2) is 18.8 Å². The number of methoxy groups -OCH3 is 1. The SMILES string of the molecule is COc1ccc(C#CCCO)cc1CSc1cccs1. The summed E-state index contributed by atoms with van der Waals surface area (Å²) < 4.78 is 6.69. The molecule has 1 aromatic heterocycles. The van der Waals surface area contributed by atoms with Crippen LogP contribution in [0.15, 0.2) is 39.9 Å². The number of hydrogen-bond acceptors (Lipinski definition) is 4. The summed E-state index contributed by atoms with van der Waals surface area (Å²) in [6.07, 6.45) is 0.505. The van der Waals surface area contributed by atoms with E-state index in [0.717, 1.165) is 22.6 Å². The van der Waals surface area contributed by atoms with Crippen molar-refractivity contribution < 1.29 is 9.84 Å². The smallest absolute Gasteiger partial charge is 0.122 e. The van der Waals surface area contributed by atoms with E-state index in [4.69, 9.17) is 9.84 Å². The Hall–Kier alpha value is -1.41. The Morgan fingerprint density at radius 1 is 1.35 bits per heavy atom. The second-order valence-electron chi connectivity index (χ2n) is 4.02. The van der Waals surface area contributed by atoms with Gasteiger partial charge in [-0.05, 0) is 29.6 Å². The number of aliphatic hydroxyl groups is 1. The maximum absolute atomic E-state index is 8.75. The van der Waals surface area contributed by atoms with Crippen molar-refractivity contribution in [2.24, 2.45) is 0 Å². The zero-order chi connectivity index (χ0) is 14.2. The fourth-order valence-corrected chi connectivity index (χ4v) is 3.45. The van der Waals surface area contributed by atoms with Crippen molar-refractivity contribution in [2.75, 3.05) is 13.7 Å². The van der Waals surface area contributed by atoms with Crippen LogP contribution >= 0.6 is 23.1 Å². The maximum Gasteiger partial charge on any atom is 0.122 e. The Labute approximate surface area is 127 Å². The van der Waals surface area contributed by atoms with Crippen LogP contribution in [0, 0.1) is 11.8 Å². The first kappa shape index (κ1) is 15.0. The second kappa shape index (κ2) is 8.01. The van der Waals surface area contributed by atoms with Gasteiger partial charge in [0.15, 0.2) is 0 Å². The Balaban J connectivity index is 2.12. The summed E-state index contributed by atoms with van der Waals surface area (Å²) in [6.45, 7) is 0.101. The van der Waals surface area contributed by atoms with Gasteiger partial charge in [0.2, 0.25) is 0 Å². The molecule has 0 bridgehead atoms. The van der Waals surface area contributed by atoms with Gasteiger partial charge in [-0.15, -0.1) is 23.1 Å². The number of thioether (sulfide) groups is 1. The van der Waals surface area contributed by atoms with Gasteiger partial charge < -0.3 is 9.84 Å². The van der Waals surface area contributed by atoms with E-state index in [1.807, 2.05) is 12.1 Å². The van der Waals surface area contributed by atoms with Crippen LogP contribution in [0.25, 0.3) is 0 Å². The molecular weight excluding hydrogens is 288 g/mol. The number of aliphatic hydroxyl groups excluding tert-OH is 1. The lowest BCUT2D eigenvalue weighted by atomic mass is 10.1. The lowest BCUT2D eigenvalue weighted by Crippen LogP contribution is -1.91. The summed E-state index contributed by atoms with van der Waals surface area (Å²) in [6, 6.07) is 10.1. The van der Waals surface area contributed by atoms with Gasteiger partial charge in [0.25, 0.3) is 0 Å². The van der Waals surface area contributed by atoms with Crippen LogP contribution in [0.1, 0.15) is 17.5 Å². The molecule has 0 aliphatic carbocycles. The molecule has 0 fully saturated rings. The molecule has 1 heterocycles. The number of thiophene rings is 1. The standard InChI is InChI=1S/C16H16O2S2/c1-18-15-8-7-13(5-2-3-9-17)11-14(15)12-20-16-6-4-10-19-16/h4,6-8,10-11,17H,3,9,12H2,1H3. The van der Waals surface area contributed by atoms with E-state index in [1.165, 1.54) is 4.21 Å². The van der Waals surface area contributed by atoms with E-state index < -0.39 is 0 Å². The van der Waals surface area contributed by atoms with E-state index in [2.05, 4.69) is 35.4 Å². The third-order valence-electron chi connectivity index (χ3n) is 2.61. The molecule has 2 aromatic rings. The lowest BCUT2D eigenvalue weighted by molar-refractivity contribution is 0.305. The molecule has 1 N–H and O–H groups in total. The van der Waals surface area contributed by atoms with Crippen LogP contribution in [-0.2, 0) is 5.75 Å². The highest BCUT2D eigenvalue weighted by Gasteiger charge is 2.05. The molecule has 104 valence electrons. The lowest BCUT2D eigenvalue weighted by Gasteiger charge is -2.08. The maximum atomic E-state index is 8.75. The zero-order valence-corrected chi connectivity index (χ0v) is 12.9. The van der Waals surface area contributed by atoms with E-state index >= 15 is 0 Å². The van der Waals surface area contributed by atoms with Crippen molar-refractivity contribution in [3.63, 3.8) is 0 Å². The van der Waals surface area contributed by atoms with Crippen molar-refractivity contribution in [3.8, 4) is 17.6 Å². The average Bonchev–Trinajstić information content (AvgIpc) is 2.99. The Morgan fingerprint density at radius 3 is 2.95 bits per heavy atom. The predicted octanol–water partition coefficient (Wildman–Crippen LogP) is 3.78. The van der Waals surface area contributed by atoms with Gasteiger partial charge in [0.05, 0.1) is 17.9 Å². The molecule has 2 nitrogen and oxygen atoms in total. The molecule has 0 amide bonds. The quantitative estimate of drug-likeness (QED) is 0.673. The van der Waals surface area contributed by atoms with Crippen molar-refractivity contribution in [2.45, 2.75) is 16.4 Å². The molecule has 0 saturated heterocycles. The van der Waals surface area contributed by atoms with E-state index in [9.17, 15) is 0 Å². The first-order chi connectivity index (χ1) is 9.83. The van der Waals surface area contributed by atoms with Crippen LogP contribution in [0.3, 0.4) is 0 Å². The minimum atomic E-state index is 0.101. The topological polar surface area (TPSA) is 29.5 Å². The average molecular weight is 304 g/mol. The molecule has 0 unspecified atom stereocenters. The summed E-state index contributed by atoms with van der Waals surface area (Å²) in [7, 11) is 1.69. The van der Waals surface area contributed by atoms with Gasteiger partial charge in [-0.25, -0.2) is 0 Å². The predicted molar refractivity (Wildman–Crippen MR) is 85.5 cm³/mol. The minimum absolute atomic E-state index is 0.101. The van der Waals surface area contributed by atoms with Crippen molar-refractivity contribution in [1.82, 2.24) is 0 Å². The highest BCUT2D eigenvalue weighted by atomic mass is 32.2. The van der Waals surface area contributed by atoms with E-state index in [-0.39, 0.29) is 6.61 Å². The second-order valence-corrected chi connectivity index (χ2v) is 6.25. The normalized spacial score (nSPS) is 9.90. The van der Waals surface area contributed by atoms with Crippen molar-refractivity contribution in [3.05, 3.63) is 46.8 Å². The third-order valence-corrected chi connectivity index (χ3v) is 4.79. The van der Waals surface area contributed by atoms with Crippen LogP contribution in [0.4, 0.5) is 0 Å². The Morgan fingerprint density at radius 2 is 2.25 bits per heavy atom. The van der Waals surface area contributed by atoms with Crippen LogP contribution in [0.2, 0.25) is 0 Å². The van der Waals surface area contributed by atoms with Gasteiger partial charge in [0.1, 0.15) is 5.75 Å². The molecule has 1 aromatic carbocycles. The number of benzene rings is 1. The van der Waals surface area contributed by atoms with Crippen LogP contribution in [0.5, 0.6) is 5.75 Å². The first-order valence-corrected chi connectivity index (χ1v) is 8.13. The fourth-order valence-electron chi connectivity index (χ4n) is 1.68. The molecule has 0 radical (unpaired) electrons. The Kier molecular flexibility index (Phi) is 6.00. The van der Waals surface area contributed by atoms with Gasteiger partial charge in [-0.3, -0.25) is 0 Å². The largest absolute Gasteiger partial charge is 0.496 e. The van der Waals surface area contributed by atoms with Gasteiger partial charge in [-0.2, -0.15) is 0 Å². The third kappa shape index (κ3) is 4.31. The molecule has 0 aliphatic rings. The molecule has 4 heteroatoms. The summed E-state index contributed by atoms with van der Waals surface area (Å²) in [5.41, 5.74) is 2.10. The summed E-state index contributed by atoms with van der Waals surface area (Å²) >= 11 is 3.54. The number of ether oxygens (including phenoxy) is 1. The molecule has 20 heavy (non-hydrogen) atoms. The minimum Gasteiger partial charge on any atom is -0.496 e. The summed E-state index contributed by atoms with van der Waals surface area (Å²) in [5.74, 6) is 7.75. The molecule has 0 aliphatic heterocycles. The van der Waals surface area contributed by atoms with E-state index in [0.29, 0.717) is 6.42 Å². The van der Waals surface area contributed by atoms with E-state index in [1.54, 1.807) is 30.2 Å². The molecule has 0 atom stereocenters. The van der Waals surface area contributed by atoms with Gasteiger partial charge in [-0.1, -0.05) is 17.9 Å². The molecule has 0 saturated carbocycles. The van der Waals surface area contributed by atoms with Gasteiger partial charge >= 0.3 is 0 Å². The fraction of sp³-hybridized carbons (Fsp3) is 0.250. The summed E-state index contributed by atoms with van der Waals surface area (Å²) in [4.78, 5) is 0. The highest BCUT2D eigenvalue weighted by Crippen LogP contribution is 2.31. The molecule has 2 rings (SSSR count). The zero-order valence-electron chi connectivity index (χ0n) is 11.3.